The van der Waals surface area contributed by atoms with E-state index in [1.807, 2.05) is 13.8 Å². The lowest BCUT2D eigenvalue weighted by molar-refractivity contribution is -0.137. The van der Waals surface area contributed by atoms with Gasteiger partial charge >= 0.3 is 6.18 Å². The van der Waals surface area contributed by atoms with Gasteiger partial charge in [-0.05, 0) is 57.5 Å². The van der Waals surface area contributed by atoms with Crippen LogP contribution < -0.4 is 0 Å². The maximum atomic E-state index is 12.5. The van der Waals surface area contributed by atoms with E-state index in [-0.39, 0.29) is 12.2 Å². The zero-order valence-electron chi connectivity index (χ0n) is 12.3. The third-order valence-electron chi connectivity index (χ3n) is 4.22. The molecular formula is C16H20F3NO. The monoisotopic (exact) mass is 299 g/mol. The SMILES string of the molecule is CC(C)(C(=O)Cc1ccc(C(F)(F)F)cc1)N1CCCC1. The number of hydrogen-bond donors (Lipinski definition) is 0. The van der Waals surface area contributed by atoms with Crippen molar-refractivity contribution >= 4 is 5.78 Å². The van der Waals surface area contributed by atoms with Crippen LogP contribution in [0, 0.1) is 0 Å². The molecule has 0 spiro atoms. The molecule has 0 amide bonds. The lowest BCUT2D eigenvalue weighted by atomic mass is 9.92. The van der Waals surface area contributed by atoms with E-state index in [0.717, 1.165) is 38.1 Å². The van der Waals surface area contributed by atoms with Crippen molar-refractivity contribution in [3.8, 4) is 0 Å². The van der Waals surface area contributed by atoms with Crippen molar-refractivity contribution in [1.29, 1.82) is 0 Å². The van der Waals surface area contributed by atoms with Crippen LogP contribution in [-0.2, 0) is 17.4 Å². The maximum Gasteiger partial charge on any atom is 0.416 e. The van der Waals surface area contributed by atoms with Gasteiger partial charge in [-0.25, -0.2) is 0 Å². The summed E-state index contributed by atoms with van der Waals surface area (Å²) < 4.78 is 37.5. The fourth-order valence-electron chi connectivity index (χ4n) is 2.67. The quantitative estimate of drug-likeness (QED) is 0.845. The van der Waals surface area contributed by atoms with Gasteiger partial charge in [-0.3, -0.25) is 9.69 Å². The molecule has 0 atom stereocenters. The summed E-state index contributed by atoms with van der Waals surface area (Å²) in [6.07, 6.45) is -1.98. The van der Waals surface area contributed by atoms with Gasteiger partial charge in [-0.1, -0.05) is 12.1 Å². The number of alkyl halides is 3. The van der Waals surface area contributed by atoms with E-state index in [1.54, 1.807) is 0 Å². The summed E-state index contributed by atoms with van der Waals surface area (Å²) in [4.78, 5) is 14.6. The predicted octanol–water partition coefficient (Wildman–Crippen LogP) is 3.69. The van der Waals surface area contributed by atoms with E-state index < -0.39 is 17.3 Å². The molecule has 0 radical (unpaired) electrons. The molecule has 1 aliphatic rings. The number of benzene rings is 1. The predicted molar refractivity (Wildman–Crippen MR) is 75.0 cm³/mol. The van der Waals surface area contributed by atoms with Crippen LogP contribution in [0.15, 0.2) is 24.3 Å². The molecule has 0 N–H and O–H groups in total. The minimum atomic E-state index is -4.34. The van der Waals surface area contributed by atoms with Crippen LogP contribution in [0.2, 0.25) is 0 Å². The lowest BCUT2D eigenvalue weighted by Gasteiger charge is -2.34. The molecule has 0 aromatic heterocycles. The first-order valence-corrected chi connectivity index (χ1v) is 7.16. The topological polar surface area (TPSA) is 20.3 Å². The summed E-state index contributed by atoms with van der Waals surface area (Å²) in [6, 6.07) is 4.85. The van der Waals surface area contributed by atoms with Crippen LogP contribution in [0.1, 0.15) is 37.8 Å². The molecular weight excluding hydrogens is 279 g/mol. The number of carbonyl (C=O) groups is 1. The number of Topliss-reactive ketones (excluding diaryl/α,β-unsaturated/α-hetero) is 1. The highest BCUT2D eigenvalue weighted by Crippen LogP contribution is 2.29. The average molecular weight is 299 g/mol. The Hall–Kier alpha value is -1.36. The molecule has 1 aromatic rings. The molecule has 1 aromatic carbocycles. The normalized spacial score (nSPS) is 17.2. The van der Waals surface area contributed by atoms with E-state index in [4.69, 9.17) is 0 Å². The van der Waals surface area contributed by atoms with Crippen LogP contribution in [0.5, 0.6) is 0 Å². The third kappa shape index (κ3) is 3.64. The molecule has 1 fully saturated rings. The summed E-state index contributed by atoms with van der Waals surface area (Å²) in [7, 11) is 0. The van der Waals surface area contributed by atoms with Gasteiger partial charge < -0.3 is 0 Å². The first-order chi connectivity index (χ1) is 9.71. The summed E-state index contributed by atoms with van der Waals surface area (Å²) in [6.45, 7) is 5.60. The number of rotatable bonds is 4. The molecule has 0 aliphatic carbocycles. The van der Waals surface area contributed by atoms with Gasteiger partial charge in [0.1, 0.15) is 0 Å². The summed E-state index contributed by atoms with van der Waals surface area (Å²) in [5.41, 5.74) is -0.614. The van der Waals surface area contributed by atoms with Gasteiger partial charge in [0.05, 0.1) is 11.1 Å². The zero-order valence-corrected chi connectivity index (χ0v) is 12.3. The van der Waals surface area contributed by atoms with Crippen molar-refractivity contribution < 1.29 is 18.0 Å². The van der Waals surface area contributed by atoms with E-state index in [9.17, 15) is 18.0 Å². The zero-order chi connectivity index (χ0) is 15.7. The largest absolute Gasteiger partial charge is 0.416 e. The molecule has 1 saturated heterocycles. The van der Waals surface area contributed by atoms with Gasteiger partial charge in [0.2, 0.25) is 0 Å². The number of hydrogen-bond acceptors (Lipinski definition) is 2. The van der Waals surface area contributed by atoms with Crippen LogP contribution in [0.4, 0.5) is 13.2 Å². The first kappa shape index (κ1) is 16.0. The smallest absolute Gasteiger partial charge is 0.297 e. The van der Waals surface area contributed by atoms with Crippen LogP contribution in [-0.4, -0.2) is 29.3 Å². The minimum absolute atomic E-state index is 0.0455. The molecule has 1 aliphatic heterocycles. The highest BCUT2D eigenvalue weighted by molar-refractivity contribution is 5.89. The minimum Gasteiger partial charge on any atom is -0.297 e. The molecule has 0 bridgehead atoms. The average Bonchev–Trinajstić information content (AvgIpc) is 2.92. The van der Waals surface area contributed by atoms with Gasteiger partial charge in [-0.2, -0.15) is 13.2 Å². The van der Waals surface area contributed by atoms with E-state index >= 15 is 0 Å². The van der Waals surface area contributed by atoms with Crippen molar-refractivity contribution in [1.82, 2.24) is 4.90 Å². The molecule has 0 unspecified atom stereocenters. The maximum absolute atomic E-state index is 12.5. The van der Waals surface area contributed by atoms with Gasteiger partial charge in [0.15, 0.2) is 5.78 Å². The second-order valence-corrected chi connectivity index (χ2v) is 6.05. The third-order valence-corrected chi connectivity index (χ3v) is 4.22. The second-order valence-electron chi connectivity index (χ2n) is 6.05. The van der Waals surface area contributed by atoms with E-state index in [0.29, 0.717) is 5.56 Å². The Labute approximate surface area is 122 Å². The molecule has 2 nitrogen and oxygen atoms in total. The molecule has 21 heavy (non-hydrogen) atoms. The Balaban J connectivity index is 2.05. The molecule has 0 saturated carbocycles. The van der Waals surface area contributed by atoms with Crippen molar-refractivity contribution in [3.05, 3.63) is 35.4 Å². The molecule has 2 rings (SSSR count). The van der Waals surface area contributed by atoms with E-state index in [1.165, 1.54) is 12.1 Å². The Morgan fingerprint density at radius 1 is 1.10 bits per heavy atom. The van der Waals surface area contributed by atoms with Crippen LogP contribution in [0.25, 0.3) is 0 Å². The fraction of sp³-hybridized carbons (Fsp3) is 0.562. The van der Waals surface area contributed by atoms with Crippen LogP contribution >= 0.6 is 0 Å². The Bertz CT molecular complexity index is 499. The number of ketones is 1. The highest BCUT2D eigenvalue weighted by Gasteiger charge is 2.35. The van der Waals surface area contributed by atoms with Gasteiger partial charge in [0, 0.05) is 6.42 Å². The van der Waals surface area contributed by atoms with Crippen molar-refractivity contribution in [2.45, 2.75) is 44.8 Å². The van der Waals surface area contributed by atoms with Crippen molar-refractivity contribution in [2.75, 3.05) is 13.1 Å². The number of halogens is 3. The standard InChI is InChI=1S/C16H20F3NO/c1-15(2,20-9-3-4-10-20)14(21)11-12-5-7-13(8-6-12)16(17,18)19/h5-8H,3-4,9-11H2,1-2H3. The first-order valence-electron chi connectivity index (χ1n) is 7.16. The number of nitrogens with zero attached hydrogens (tertiary/aromatic N) is 1. The Morgan fingerprint density at radius 3 is 2.10 bits per heavy atom. The Morgan fingerprint density at radius 2 is 1.62 bits per heavy atom. The number of likely N-dealkylation sites (tertiary alicyclic amines) is 1. The summed E-state index contributed by atoms with van der Waals surface area (Å²) in [5.74, 6) is 0.0455. The van der Waals surface area contributed by atoms with Gasteiger partial charge in [-0.15, -0.1) is 0 Å². The van der Waals surface area contributed by atoms with E-state index in [2.05, 4.69) is 4.90 Å². The summed E-state index contributed by atoms with van der Waals surface area (Å²) in [5, 5.41) is 0. The molecule has 1 heterocycles. The second kappa shape index (κ2) is 5.79. The van der Waals surface area contributed by atoms with Crippen molar-refractivity contribution in [3.63, 3.8) is 0 Å². The van der Waals surface area contributed by atoms with Gasteiger partial charge in [0.25, 0.3) is 0 Å². The Kier molecular flexibility index (Phi) is 4.42. The lowest BCUT2D eigenvalue weighted by Crippen LogP contribution is -2.49. The van der Waals surface area contributed by atoms with Crippen LogP contribution in [0.3, 0.4) is 0 Å². The molecule has 116 valence electrons. The number of carbonyl (C=O) groups excluding carboxylic acids is 1. The fourth-order valence-corrected chi connectivity index (χ4v) is 2.67. The van der Waals surface area contributed by atoms with Crippen molar-refractivity contribution in [2.24, 2.45) is 0 Å². The summed E-state index contributed by atoms with van der Waals surface area (Å²) >= 11 is 0. The highest BCUT2D eigenvalue weighted by atomic mass is 19.4. The molecule has 5 heteroatoms.